The molecule has 1 aliphatic carbocycles. The van der Waals surface area contributed by atoms with Crippen molar-refractivity contribution in [1.82, 2.24) is 20.1 Å². The number of hydrogen-bond acceptors (Lipinski definition) is 13. The molecule has 73 heavy (non-hydrogen) atoms. The number of nitrogens with one attached hydrogen (secondary N) is 3. The minimum atomic E-state index is -2.24. The molecule has 1 aliphatic heterocycles. The van der Waals surface area contributed by atoms with Crippen LogP contribution >= 0.6 is 34.0 Å². The lowest BCUT2D eigenvalue weighted by atomic mass is 9.61. The molecule has 0 bridgehead atoms. The fourth-order valence-electron chi connectivity index (χ4n) is 9.20. The van der Waals surface area contributed by atoms with Crippen LogP contribution in [-0.4, -0.2) is 100 Å². The van der Waals surface area contributed by atoms with E-state index in [-0.39, 0.29) is 44.4 Å². The molecule has 3 aromatic heterocycles. The van der Waals surface area contributed by atoms with Gasteiger partial charge in [-0.15, -0.1) is 22.7 Å². The maximum atomic E-state index is 13.4. The van der Waals surface area contributed by atoms with Gasteiger partial charge in [0, 0.05) is 57.3 Å². The molecule has 1 atom stereocenters. The molecule has 398 valence electrons. The van der Waals surface area contributed by atoms with Crippen LogP contribution in [0.5, 0.6) is 5.75 Å². The number of piperidine rings is 1. The van der Waals surface area contributed by atoms with Crippen molar-refractivity contribution in [3.05, 3.63) is 102 Å². The third kappa shape index (κ3) is 13.7. The summed E-state index contributed by atoms with van der Waals surface area (Å²) in [5.74, 6) is 0.168. The highest BCUT2D eigenvalue weighted by atomic mass is 32.1. The van der Waals surface area contributed by atoms with Gasteiger partial charge in [-0.3, -0.25) is 14.4 Å². The maximum absolute atomic E-state index is 13.4. The van der Waals surface area contributed by atoms with Crippen molar-refractivity contribution in [3.8, 4) is 5.75 Å². The molecule has 2 aliphatic rings. The van der Waals surface area contributed by atoms with Gasteiger partial charge in [0.05, 0.1) is 20.6 Å². The van der Waals surface area contributed by atoms with E-state index in [1.165, 1.54) is 34.0 Å². The molecule has 1 saturated carbocycles. The van der Waals surface area contributed by atoms with E-state index in [1.807, 2.05) is 60.3 Å². The Kier molecular flexibility index (Phi) is 17.9. The van der Waals surface area contributed by atoms with Gasteiger partial charge in [0.2, 0.25) is 17.4 Å². The predicted octanol–water partition coefficient (Wildman–Crippen LogP) is 11.6. The van der Waals surface area contributed by atoms with E-state index in [9.17, 15) is 24.3 Å². The fourth-order valence-corrected chi connectivity index (χ4v) is 14.1. The van der Waals surface area contributed by atoms with Crippen LogP contribution in [0.2, 0.25) is 36.3 Å². The lowest BCUT2D eigenvalue weighted by Gasteiger charge is -2.51. The van der Waals surface area contributed by atoms with Gasteiger partial charge in [-0.1, -0.05) is 83.2 Å². The highest BCUT2D eigenvalue weighted by Gasteiger charge is 2.51. The third-order valence-corrected chi connectivity index (χ3v) is 27.7. The molecule has 13 nitrogen and oxygen atoms in total. The number of aromatic nitrogens is 1. The summed E-state index contributed by atoms with van der Waals surface area (Å²) in [5, 5.41) is 22.0. The number of benzene rings is 2. The Morgan fingerprint density at radius 2 is 1.51 bits per heavy atom. The average Bonchev–Trinajstić information content (AvgIpc) is 4.13. The molecule has 0 unspecified atom stereocenters. The molecule has 2 aromatic carbocycles. The summed E-state index contributed by atoms with van der Waals surface area (Å²) in [6, 6.07) is 19.2. The summed E-state index contributed by atoms with van der Waals surface area (Å²) in [6.45, 7) is 26.5. The van der Waals surface area contributed by atoms with Gasteiger partial charge in [-0.25, -0.2) is 4.79 Å². The number of likely N-dealkylation sites (tertiary alicyclic amines) is 1. The monoisotopic (exact) mass is 1090 g/mol. The number of H-pyrrole nitrogens is 1. The summed E-state index contributed by atoms with van der Waals surface area (Å²) in [4.78, 5) is 60.6. The van der Waals surface area contributed by atoms with Crippen molar-refractivity contribution in [2.45, 2.75) is 154 Å². The number of carbonyl (C=O) groups excluding carboxylic acids is 3. The van der Waals surface area contributed by atoms with Crippen LogP contribution in [-0.2, 0) is 35.7 Å². The molecule has 4 heterocycles. The second-order valence-electron chi connectivity index (χ2n) is 23.4. The molecular formula is C55H79N5O8S3Si2. The van der Waals surface area contributed by atoms with Gasteiger partial charge in [-0.05, 0) is 140 Å². The van der Waals surface area contributed by atoms with Gasteiger partial charge in [-0.2, -0.15) is 0 Å². The van der Waals surface area contributed by atoms with Gasteiger partial charge >= 0.3 is 10.8 Å². The van der Waals surface area contributed by atoms with Crippen LogP contribution in [0.25, 0.3) is 10.2 Å². The van der Waals surface area contributed by atoms with E-state index in [2.05, 4.69) is 94.3 Å². The quantitative estimate of drug-likeness (QED) is 0.0298. The van der Waals surface area contributed by atoms with E-state index in [1.54, 1.807) is 17.0 Å². The number of anilines is 1. The summed E-state index contributed by atoms with van der Waals surface area (Å²) in [7, 11) is -2.57. The van der Waals surface area contributed by atoms with Crippen molar-refractivity contribution >= 4 is 84.3 Å². The first kappa shape index (κ1) is 56.7. The van der Waals surface area contributed by atoms with Crippen LogP contribution in [0.4, 0.5) is 5.69 Å². The number of aliphatic hydroxyl groups is 1. The Bertz CT molecular complexity index is 2660. The maximum Gasteiger partial charge on any atom is 0.349 e. The SMILES string of the molecule is CN(CCCCC(=O)Nc1ccc(CNC[C@H](O[Si](C)(C)C(C)(C)C)c2ccc(O[Si](C)(C)C(C)(C)C)c3[nH]c(=O)sc23)cc1)C(=O)CCN1CCC2(CC1)CC(OC(=O)C(O)(c1cccs1)c1cccs1)C2. The molecule has 7 rings (SSSR count). The second-order valence-corrected chi connectivity index (χ2v) is 35.8. The summed E-state index contributed by atoms with van der Waals surface area (Å²) in [6.07, 6.45) is 5.33. The van der Waals surface area contributed by atoms with Gasteiger partial charge in [0.15, 0.2) is 8.32 Å². The first-order chi connectivity index (χ1) is 34.3. The lowest BCUT2D eigenvalue weighted by molar-refractivity contribution is -0.181. The largest absolute Gasteiger partial charge is 0.542 e. The number of unbranched alkanes of at least 4 members (excludes halogenated alkanes) is 1. The predicted molar refractivity (Wildman–Crippen MR) is 303 cm³/mol. The molecule has 4 N–H and O–H groups in total. The number of thiazole rings is 1. The Morgan fingerprint density at radius 3 is 2.10 bits per heavy atom. The Labute approximate surface area is 446 Å². The Hall–Kier alpha value is -3.99. The van der Waals surface area contributed by atoms with E-state index in [0.29, 0.717) is 55.2 Å². The van der Waals surface area contributed by atoms with Gasteiger partial charge < -0.3 is 44.1 Å². The van der Waals surface area contributed by atoms with Crippen LogP contribution in [0.3, 0.4) is 0 Å². The molecule has 2 amide bonds. The number of amides is 2. The Balaban J connectivity index is 0.803. The second kappa shape index (κ2) is 23.1. The first-order valence-corrected chi connectivity index (χ1v) is 34.3. The molecule has 2 fully saturated rings. The molecule has 0 radical (unpaired) electrons. The minimum absolute atomic E-state index is 0.0000790. The highest BCUT2D eigenvalue weighted by Crippen LogP contribution is 2.51. The number of ether oxygens (including phenoxy) is 1. The normalized spacial score (nSPS) is 16.3. The molecule has 1 spiro atoms. The molecule has 5 aromatic rings. The average molecular weight is 1090 g/mol. The van der Waals surface area contributed by atoms with Crippen molar-refractivity contribution < 1.29 is 33.1 Å². The zero-order valence-electron chi connectivity index (χ0n) is 44.9. The van der Waals surface area contributed by atoms with E-state index >= 15 is 0 Å². The number of aromatic amines is 1. The van der Waals surface area contributed by atoms with Crippen molar-refractivity contribution in [2.75, 3.05) is 45.1 Å². The van der Waals surface area contributed by atoms with E-state index < -0.39 is 28.2 Å². The first-order valence-electron chi connectivity index (χ1n) is 25.9. The van der Waals surface area contributed by atoms with E-state index in [0.717, 1.165) is 78.0 Å². The topological polar surface area (TPSA) is 163 Å². The van der Waals surface area contributed by atoms with Crippen LogP contribution in [0, 0.1) is 5.41 Å². The summed E-state index contributed by atoms with van der Waals surface area (Å²) < 4.78 is 20.6. The number of carbonyl (C=O) groups is 3. The van der Waals surface area contributed by atoms with E-state index in [4.69, 9.17) is 13.6 Å². The Morgan fingerprint density at radius 1 is 0.877 bits per heavy atom. The number of rotatable bonds is 22. The minimum Gasteiger partial charge on any atom is -0.542 e. The molecule has 18 heteroatoms. The smallest absolute Gasteiger partial charge is 0.349 e. The standard InChI is InChI=1S/C55H79N5O8S3Si2/c1-52(2,3)72(8,9)67-42-24-23-41(49-48(42)58-51(64)71-49)43(68-73(10,11)53(4,5)6)37-56-36-38-19-21-39(22-20-38)57-46(61)18-12-13-28-59(7)47(62)25-29-60-30-26-54(27-31-60)34-40(35-54)66-50(63)55(65,44-16-14-32-69-44)45-17-15-33-70-45/h14-17,19-24,32-33,40,43,56,65H,12-13,18,25-31,34-37H2,1-11H3,(H,57,61)(H,58,64)/t43-/m0/s1. The van der Waals surface area contributed by atoms with Crippen LogP contribution in [0.1, 0.15) is 120 Å². The number of esters is 1. The number of nitrogens with zero attached hydrogens (tertiary/aromatic N) is 2. The highest BCUT2D eigenvalue weighted by molar-refractivity contribution is 7.16. The number of thiophene rings is 2. The number of fused-ring (bicyclic) bond motifs is 1. The van der Waals surface area contributed by atoms with Crippen LogP contribution in [0.15, 0.2) is 76.2 Å². The fraction of sp³-hybridized carbons (Fsp3) is 0.564. The molecular weight excluding hydrogens is 1010 g/mol. The zero-order valence-corrected chi connectivity index (χ0v) is 49.4. The van der Waals surface area contributed by atoms with Crippen molar-refractivity contribution in [1.29, 1.82) is 0 Å². The number of hydrogen-bond donors (Lipinski definition) is 4. The summed E-state index contributed by atoms with van der Waals surface area (Å²) >= 11 is 3.91. The zero-order chi connectivity index (χ0) is 53.0. The van der Waals surface area contributed by atoms with Gasteiger partial charge in [0.1, 0.15) is 17.4 Å². The van der Waals surface area contributed by atoms with Gasteiger partial charge in [0.25, 0.3) is 8.32 Å². The summed E-state index contributed by atoms with van der Waals surface area (Å²) in [5.41, 5.74) is 1.88. The van der Waals surface area contributed by atoms with Crippen LogP contribution < -0.4 is 19.9 Å². The van der Waals surface area contributed by atoms with Crippen molar-refractivity contribution in [3.63, 3.8) is 0 Å². The van der Waals surface area contributed by atoms with Crippen molar-refractivity contribution in [2.24, 2.45) is 5.41 Å². The lowest BCUT2D eigenvalue weighted by Crippen LogP contribution is -2.52. The third-order valence-electron chi connectivity index (χ3n) is 16.0. The molecule has 1 saturated heterocycles.